The van der Waals surface area contributed by atoms with Crippen LogP contribution in [-0.4, -0.2) is 32.9 Å². The number of thioether (sulfide) groups is 1. The van der Waals surface area contributed by atoms with Crippen molar-refractivity contribution in [1.82, 2.24) is 20.5 Å². The molecule has 1 aromatic heterocycles. The molecule has 1 heterocycles. The molecule has 0 fully saturated rings. The molecule has 0 unspecified atom stereocenters. The lowest BCUT2D eigenvalue weighted by Gasteiger charge is -2.16. The lowest BCUT2D eigenvalue weighted by Crippen LogP contribution is -2.37. The van der Waals surface area contributed by atoms with Gasteiger partial charge in [0, 0.05) is 6.04 Å². The second-order valence-corrected chi connectivity index (χ2v) is 6.28. The van der Waals surface area contributed by atoms with E-state index in [1.165, 1.54) is 17.8 Å². The van der Waals surface area contributed by atoms with Gasteiger partial charge in [0.2, 0.25) is 11.1 Å². The fraction of sp³-hybridized carbons (Fsp3) is 0.400. The van der Waals surface area contributed by atoms with Gasteiger partial charge in [-0.3, -0.25) is 9.89 Å². The van der Waals surface area contributed by atoms with E-state index in [2.05, 4.69) is 20.5 Å². The number of aromatic amines is 1. The van der Waals surface area contributed by atoms with Crippen LogP contribution in [0, 0.1) is 11.7 Å². The van der Waals surface area contributed by atoms with Crippen molar-refractivity contribution < 1.29 is 9.18 Å². The summed E-state index contributed by atoms with van der Waals surface area (Å²) in [5.74, 6) is 0.537. The smallest absolute Gasteiger partial charge is 0.230 e. The molecule has 0 aliphatic rings. The lowest BCUT2D eigenvalue weighted by atomic mass is 10.1. The first-order chi connectivity index (χ1) is 10.5. The molecule has 0 saturated heterocycles. The van der Waals surface area contributed by atoms with Crippen LogP contribution < -0.4 is 5.32 Å². The Hall–Kier alpha value is -1.89. The molecular weight excluding hydrogens is 303 g/mol. The van der Waals surface area contributed by atoms with Crippen LogP contribution in [0.1, 0.15) is 20.8 Å². The summed E-state index contributed by atoms with van der Waals surface area (Å²) in [7, 11) is 0. The van der Waals surface area contributed by atoms with E-state index in [4.69, 9.17) is 0 Å². The number of nitrogens with one attached hydrogen (secondary N) is 2. The van der Waals surface area contributed by atoms with Crippen LogP contribution in [0.4, 0.5) is 4.39 Å². The highest BCUT2D eigenvalue weighted by Crippen LogP contribution is 2.21. The number of aromatic nitrogens is 3. The third-order valence-corrected chi connectivity index (χ3v) is 4.16. The van der Waals surface area contributed by atoms with Crippen LogP contribution in [0.15, 0.2) is 29.4 Å². The van der Waals surface area contributed by atoms with Crippen LogP contribution >= 0.6 is 11.8 Å². The van der Waals surface area contributed by atoms with Crippen molar-refractivity contribution in [3.05, 3.63) is 30.1 Å². The molecule has 2 rings (SSSR count). The predicted molar refractivity (Wildman–Crippen MR) is 84.9 cm³/mol. The Labute approximate surface area is 133 Å². The quantitative estimate of drug-likeness (QED) is 0.802. The Balaban J connectivity index is 1.93. The van der Waals surface area contributed by atoms with Crippen molar-refractivity contribution in [1.29, 1.82) is 0 Å². The average molecular weight is 322 g/mol. The van der Waals surface area contributed by atoms with E-state index in [0.29, 0.717) is 22.5 Å². The molecule has 7 heteroatoms. The molecule has 1 aromatic carbocycles. The molecule has 0 aliphatic heterocycles. The lowest BCUT2D eigenvalue weighted by molar-refractivity contribution is -0.119. The number of hydrogen-bond acceptors (Lipinski definition) is 4. The molecule has 22 heavy (non-hydrogen) atoms. The number of amides is 1. The van der Waals surface area contributed by atoms with Gasteiger partial charge in [0.25, 0.3) is 0 Å². The van der Waals surface area contributed by atoms with E-state index in [-0.39, 0.29) is 23.5 Å². The summed E-state index contributed by atoms with van der Waals surface area (Å²) in [6, 6.07) is 6.46. The largest absolute Gasteiger partial charge is 0.353 e. The first-order valence-corrected chi connectivity index (χ1v) is 8.05. The molecule has 2 aromatic rings. The average Bonchev–Trinajstić information content (AvgIpc) is 2.94. The normalized spacial score (nSPS) is 12.4. The summed E-state index contributed by atoms with van der Waals surface area (Å²) in [6.07, 6.45) is 0. The van der Waals surface area contributed by atoms with E-state index in [1.807, 2.05) is 20.8 Å². The fourth-order valence-electron chi connectivity index (χ4n) is 1.68. The minimum absolute atomic E-state index is 0.0663. The second-order valence-electron chi connectivity index (χ2n) is 5.34. The Morgan fingerprint density at radius 1 is 1.36 bits per heavy atom. The molecule has 0 radical (unpaired) electrons. The van der Waals surface area contributed by atoms with Crippen molar-refractivity contribution in [2.45, 2.75) is 32.0 Å². The zero-order valence-electron chi connectivity index (χ0n) is 12.8. The van der Waals surface area contributed by atoms with Gasteiger partial charge in [-0.1, -0.05) is 37.7 Å². The summed E-state index contributed by atoms with van der Waals surface area (Å²) in [6.45, 7) is 6.07. The van der Waals surface area contributed by atoms with E-state index in [1.54, 1.807) is 18.2 Å². The van der Waals surface area contributed by atoms with Crippen LogP contribution in [-0.2, 0) is 4.79 Å². The summed E-state index contributed by atoms with van der Waals surface area (Å²) < 4.78 is 13.7. The molecule has 118 valence electrons. The van der Waals surface area contributed by atoms with E-state index < -0.39 is 0 Å². The SMILES string of the molecule is CC(C)[C@H](C)NC(=O)CSc1n[nH]c(-c2ccccc2F)n1. The van der Waals surface area contributed by atoms with Crippen molar-refractivity contribution in [3.8, 4) is 11.4 Å². The molecule has 0 aliphatic carbocycles. The van der Waals surface area contributed by atoms with Gasteiger partial charge in [-0.2, -0.15) is 0 Å². The number of benzene rings is 1. The summed E-state index contributed by atoms with van der Waals surface area (Å²) in [5, 5.41) is 10.0. The molecule has 5 nitrogen and oxygen atoms in total. The Bertz CT molecular complexity index is 644. The van der Waals surface area contributed by atoms with Gasteiger partial charge in [-0.05, 0) is 25.0 Å². The van der Waals surface area contributed by atoms with Gasteiger partial charge in [0.1, 0.15) is 5.82 Å². The summed E-state index contributed by atoms with van der Waals surface area (Å²) in [4.78, 5) is 16.0. The van der Waals surface area contributed by atoms with Crippen LogP contribution in [0.2, 0.25) is 0 Å². The number of rotatable bonds is 6. The Kier molecular flexibility index (Phi) is 5.54. The summed E-state index contributed by atoms with van der Waals surface area (Å²) in [5.41, 5.74) is 0.361. The van der Waals surface area contributed by atoms with E-state index in [9.17, 15) is 9.18 Å². The molecule has 2 N–H and O–H groups in total. The van der Waals surface area contributed by atoms with Crippen molar-refractivity contribution in [3.63, 3.8) is 0 Å². The fourth-order valence-corrected chi connectivity index (χ4v) is 2.29. The number of carbonyl (C=O) groups is 1. The second kappa shape index (κ2) is 7.40. The zero-order valence-corrected chi connectivity index (χ0v) is 13.6. The Morgan fingerprint density at radius 3 is 2.77 bits per heavy atom. The molecule has 0 saturated carbocycles. The number of nitrogens with zero attached hydrogens (tertiary/aromatic N) is 2. The molecular formula is C15H19FN4OS. The minimum Gasteiger partial charge on any atom is -0.353 e. The van der Waals surface area contributed by atoms with Crippen molar-refractivity contribution in [2.75, 3.05) is 5.75 Å². The highest BCUT2D eigenvalue weighted by molar-refractivity contribution is 7.99. The third kappa shape index (κ3) is 4.30. The molecule has 0 spiro atoms. The van der Waals surface area contributed by atoms with E-state index in [0.717, 1.165) is 0 Å². The van der Waals surface area contributed by atoms with Crippen LogP contribution in [0.3, 0.4) is 0 Å². The predicted octanol–water partition coefficient (Wildman–Crippen LogP) is 2.86. The van der Waals surface area contributed by atoms with Crippen LogP contribution in [0.25, 0.3) is 11.4 Å². The third-order valence-electron chi connectivity index (χ3n) is 3.31. The van der Waals surface area contributed by atoms with Crippen molar-refractivity contribution in [2.24, 2.45) is 5.92 Å². The standard InChI is InChI=1S/C15H19FN4OS/c1-9(2)10(3)17-13(21)8-22-15-18-14(19-20-15)11-6-4-5-7-12(11)16/h4-7,9-10H,8H2,1-3H3,(H,17,21)(H,18,19,20)/t10-/m0/s1. The van der Waals surface area contributed by atoms with Gasteiger partial charge in [0.05, 0.1) is 11.3 Å². The van der Waals surface area contributed by atoms with E-state index >= 15 is 0 Å². The summed E-state index contributed by atoms with van der Waals surface area (Å²) >= 11 is 1.22. The van der Waals surface area contributed by atoms with Gasteiger partial charge in [-0.25, -0.2) is 9.37 Å². The topological polar surface area (TPSA) is 70.7 Å². The Morgan fingerprint density at radius 2 is 2.09 bits per heavy atom. The van der Waals surface area contributed by atoms with Gasteiger partial charge in [0.15, 0.2) is 5.82 Å². The number of hydrogen-bond donors (Lipinski definition) is 2. The number of H-pyrrole nitrogens is 1. The maximum atomic E-state index is 13.7. The van der Waals surface area contributed by atoms with Gasteiger partial charge < -0.3 is 5.32 Å². The number of halogens is 1. The molecule has 0 bridgehead atoms. The van der Waals surface area contributed by atoms with Gasteiger partial charge in [-0.15, -0.1) is 5.10 Å². The maximum absolute atomic E-state index is 13.7. The first-order valence-electron chi connectivity index (χ1n) is 7.07. The molecule has 1 atom stereocenters. The van der Waals surface area contributed by atoms with Crippen molar-refractivity contribution >= 4 is 17.7 Å². The monoisotopic (exact) mass is 322 g/mol. The maximum Gasteiger partial charge on any atom is 0.230 e. The minimum atomic E-state index is -0.362. The molecule has 1 amide bonds. The number of carbonyl (C=O) groups excluding carboxylic acids is 1. The highest BCUT2D eigenvalue weighted by atomic mass is 32.2. The van der Waals surface area contributed by atoms with Gasteiger partial charge >= 0.3 is 0 Å². The van der Waals surface area contributed by atoms with Crippen LogP contribution in [0.5, 0.6) is 0 Å². The first kappa shape index (κ1) is 16.5. The zero-order chi connectivity index (χ0) is 16.1. The highest BCUT2D eigenvalue weighted by Gasteiger charge is 2.13.